The molecular formula is C14H17FN2. The maximum atomic E-state index is 14.0. The Kier molecular flexibility index (Phi) is 2.09. The summed E-state index contributed by atoms with van der Waals surface area (Å²) in [5.74, 6) is -0.202. The molecule has 1 saturated carbocycles. The Labute approximate surface area is 100 Å². The summed E-state index contributed by atoms with van der Waals surface area (Å²) in [6, 6.07) is 4.18. The van der Waals surface area contributed by atoms with Crippen LogP contribution >= 0.6 is 0 Å². The van der Waals surface area contributed by atoms with Crippen LogP contribution in [0.4, 0.5) is 4.39 Å². The molecule has 2 aromatic rings. The molecule has 0 N–H and O–H groups in total. The van der Waals surface area contributed by atoms with Gasteiger partial charge in [-0.3, -0.25) is 4.68 Å². The second kappa shape index (κ2) is 3.31. The van der Waals surface area contributed by atoms with E-state index in [0.29, 0.717) is 11.6 Å². The van der Waals surface area contributed by atoms with Gasteiger partial charge in [-0.1, -0.05) is 20.8 Å². The van der Waals surface area contributed by atoms with Crippen LogP contribution in [0.5, 0.6) is 0 Å². The van der Waals surface area contributed by atoms with Crippen molar-refractivity contribution in [3.63, 3.8) is 0 Å². The van der Waals surface area contributed by atoms with E-state index in [1.165, 1.54) is 12.8 Å². The molecule has 1 aromatic carbocycles. The van der Waals surface area contributed by atoms with Gasteiger partial charge in [-0.25, -0.2) is 4.39 Å². The van der Waals surface area contributed by atoms with E-state index in [1.807, 2.05) is 10.9 Å². The van der Waals surface area contributed by atoms with Crippen LogP contribution in [0.1, 0.15) is 45.2 Å². The molecule has 17 heavy (non-hydrogen) atoms. The molecule has 0 saturated heterocycles. The molecule has 0 unspecified atom stereocenters. The van der Waals surface area contributed by atoms with Gasteiger partial charge in [0.05, 0.1) is 6.04 Å². The Hall–Kier alpha value is -1.38. The van der Waals surface area contributed by atoms with Crippen molar-refractivity contribution in [2.75, 3.05) is 0 Å². The Morgan fingerprint density at radius 1 is 1.29 bits per heavy atom. The lowest BCUT2D eigenvalue weighted by molar-refractivity contribution is 0.575. The summed E-state index contributed by atoms with van der Waals surface area (Å²) in [5.41, 5.74) is 1.50. The molecular weight excluding hydrogens is 215 g/mol. The first-order valence-corrected chi connectivity index (χ1v) is 6.14. The van der Waals surface area contributed by atoms with Crippen LogP contribution in [-0.2, 0) is 5.41 Å². The van der Waals surface area contributed by atoms with Gasteiger partial charge in [-0.05, 0) is 36.0 Å². The molecule has 0 aliphatic heterocycles. The van der Waals surface area contributed by atoms with Crippen molar-refractivity contribution < 1.29 is 4.39 Å². The number of benzene rings is 1. The van der Waals surface area contributed by atoms with E-state index in [9.17, 15) is 4.39 Å². The predicted octanol–water partition coefficient (Wildman–Crippen LogP) is 3.81. The van der Waals surface area contributed by atoms with Gasteiger partial charge in [0.15, 0.2) is 5.82 Å². The van der Waals surface area contributed by atoms with Gasteiger partial charge in [0.2, 0.25) is 0 Å². The van der Waals surface area contributed by atoms with Gasteiger partial charge in [-0.2, -0.15) is 5.10 Å². The van der Waals surface area contributed by atoms with Crippen molar-refractivity contribution in [1.82, 2.24) is 9.78 Å². The third-order valence-corrected chi connectivity index (χ3v) is 3.37. The molecule has 1 aliphatic rings. The van der Waals surface area contributed by atoms with Crippen molar-refractivity contribution in [3.05, 3.63) is 29.7 Å². The monoisotopic (exact) mass is 232 g/mol. The van der Waals surface area contributed by atoms with Crippen molar-refractivity contribution in [1.29, 1.82) is 0 Å². The van der Waals surface area contributed by atoms with E-state index in [-0.39, 0.29) is 11.2 Å². The summed E-state index contributed by atoms with van der Waals surface area (Å²) < 4.78 is 15.9. The number of hydrogen-bond donors (Lipinski definition) is 0. The maximum Gasteiger partial charge on any atom is 0.151 e. The molecule has 90 valence electrons. The summed E-state index contributed by atoms with van der Waals surface area (Å²) >= 11 is 0. The Morgan fingerprint density at radius 2 is 2.00 bits per heavy atom. The van der Waals surface area contributed by atoms with Crippen molar-refractivity contribution in [3.8, 4) is 0 Å². The third-order valence-electron chi connectivity index (χ3n) is 3.37. The Bertz CT molecular complexity index is 574. The first kappa shape index (κ1) is 10.8. The highest BCUT2D eigenvalue weighted by molar-refractivity contribution is 5.79. The molecule has 2 nitrogen and oxygen atoms in total. The highest BCUT2D eigenvalue weighted by Crippen LogP contribution is 2.36. The van der Waals surface area contributed by atoms with Crippen LogP contribution in [0, 0.1) is 5.82 Å². The topological polar surface area (TPSA) is 17.8 Å². The van der Waals surface area contributed by atoms with Gasteiger partial charge in [0.25, 0.3) is 0 Å². The van der Waals surface area contributed by atoms with Crippen LogP contribution < -0.4 is 0 Å². The molecule has 1 fully saturated rings. The van der Waals surface area contributed by atoms with Crippen molar-refractivity contribution >= 4 is 10.9 Å². The second-order valence-corrected chi connectivity index (χ2v) is 5.99. The zero-order chi connectivity index (χ0) is 12.2. The minimum atomic E-state index is -0.202. The first-order valence-electron chi connectivity index (χ1n) is 6.14. The van der Waals surface area contributed by atoms with Crippen LogP contribution in [0.15, 0.2) is 18.3 Å². The second-order valence-electron chi connectivity index (χ2n) is 5.99. The van der Waals surface area contributed by atoms with Crippen molar-refractivity contribution in [2.45, 2.75) is 45.1 Å². The van der Waals surface area contributed by atoms with E-state index >= 15 is 0 Å². The fourth-order valence-electron chi connectivity index (χ4n) is 2.07. The Balaban J connectivity index is 2.18. The number of fused-ring (bicyclic) bond motifs is 1. The van der Waals surface area contributed by atoms with E-state index in [4.69, 9.17) is 0 Å². The molecule has 0 atom stereocenters. The Morgan fingerprint density at radius 3 is 2.59 bits per heavy atom. The fourth-order valence-corrected chi connectivity index (χ4v) is 2.07. The van der Waals surface area contributed by atoms with Gasteiger partial charge in [-0.15, -0.1) is 0 Å². The van der Waals surface area contributed by atoms with Crippen LogP contribution in [-0.4, -0.2) is 9.78 Å². The lowest BCUT2D eigenvalue weighted by Gasteiger charge is -2.18. The quantitative estimate of drug-likeness (QED) is 0.731. The van der Waals surface area contributed by atoms with Gasteiger partial charge < -0.3 is 0 Å². The minimum absolute atomic E-state index is 0.0310. The van der Waals surface area contributed by atoms with Gasteiger partial charge in [0, 0.05) is 11.6 Å². The lowest BCUT2D eigenvalue weighted by Crippen LogP contribution is -2.11. The summed E-state index contributed by atoms with van der Waals surface area (Å²) in [6.45, 7) is 6.29. The largest absolute Gasteiger partial charge is 0.268 e. The zero-order valence-corrected chi connectivity index (χ0v) is 10.5. The average Bonchev–Trinajstić information content (AvgIpc) is 2.97. The molecule has 0 bridgehead atoms. The molecule has 1 aliphatic carbocycles. The van der Waals surface area contributed by atoms with Gasteiger partial charge in [0.1, 0.15) is 5.52 Å². The maximum absolute atomic E-state index is 14.0. The molecule has 1 heterocycles. The highest BCUT2D eigenvalue weighted by atomic mass is 19.1. The number of aromatic nitrogens is 2. The lowest BCUT2D eigenvalue weighted by atomic mass is 9.86. The predicted molar refractivity (Wildman–Crippen MR) is 66.7 cm³/mol. The number of nitrogens with zero attached hydrogens (tertiary/aromatic N) is 2. The summed E-state index contributed by atoms with van der Waals surface area (Å²) in [4.78, 5) is 0. The van der Waals surface area contributed by atoms with Crippen LogP contribution in [0.2, 0.25) is 0 Å². The van der Waals surface area contributed by atoms with E-state index in [1.54, 1.807) is 6.07 Å². The number of halogens is 1. The first-order chi connectivity index (χ1) is 7.95. The number of rotatable bonds is 1. The molecule has 3 heteroatoms. The minimum Gasteiger partial charge on any atom is -0.268 e. The average molecular weight is 232 g/mol. The summed E-state index contributed by atoms with van der Waals surface area (Å²) in [6.07, 6.45) is 4.31. The van der Waals surface area contributed by atoms with E-state index in [0.717, 1.165) is 10.9 Å². The van der Waals surface area contributed by atoms with Crippen LogP contribution in [0.25, 0.3) is 10.9 Å². The third kappa shape index (κ3) is 1.84. The van der Waals surface area contributed by atoms with E-state index < -0.39 is 0 Å². The van der Waals surface area contributed by atoms with E-state index in [2.05, 4.69) is 31.9 Å². The number of hydrogen-bond acceptors (Lipinski definition) is 1. The van der Waals surface area contributed by atoms with Crippen molar-refractivity contribution in [2.24, 2.45) is 0 Å². The molecule has 0 radical (unpaired) electrons. The normalized spacial score (nSPS) is 16.7. The smallest absolute Gasteiger partial charge is 0.151 e. The van der Waals surface area contributed by atoms with Gasteiger partial charge >= 0.3 is 0 Å². The fraction of sp³-hybridized carbons (Fsp3) is 0.500. The summed E-state index contributed by atoms with van der Waals surface area (Å²) in [5, 5.41) is 5.26. The zero-order valence-electron chi connectivity index (χ0n) is 10.5. The molecule has 3 rings (SSSR count). The standard InChI is InChI=1S/C14H17FN2/c1-14(2,3)10-6-9-8-17(11-4-5-11)16-13(9)12(15)7-10/h6-8,11H,4-5H2,1-3H3. The molecule has 0 amide bonds. The van der Waals surface area contributed by atoms with Crippen LogP contribution in [0.3, 0.4) is 0 Å². The summed E-state index contributed by atoms with van der Waals surface area (Å²) in [7, 11) is 0. The molecule has 1 aromatic heterocycles. The molecule has 0 spiro atoms. The SMILES string of the molecule is CC(C)(C)c1cc(F)c2nn(C3CC3)cc2c1. The highest BCUT2D eigenvalue weighted by Gasteiger charge is 2.25.